The molecule has 140 valence electrons. The Labute approximate surface area is 164 Å². The van der Waals surface area contributed by atoms with Crippen LogP contribution < -0.4 is 11.1 Å². The quantitative estimate of drug-likeness (QED) is 0.817. The molecule has 3 rings (SSSR count). The Bertz CT molecular complexity index is 760. The number of anilines is 1. The van der Waals surface area contributed by atoms with E-state index in [4.69, 9.17) is 5.73 Å². The smallest absolute Gasteiger partial charge is 0.256 e. The van der Waals surface area contributed by atoms with Gasteiger partial charge in [0.15, 0.2) is 0 Å². The monoisotopic (exact) mass is 393 g/mol. The van der Waals surface area contributed by atoms with E-state index in [9.17, 15) is 9.59 Å². The van der Waals surface area contributed by atoms with Crippen LogP contribution in [0.2, 0.25) is 0 Å². The van der Waals surface area contributed by atoms with Gasteiger partial charge in [0.1, 0.15) is 5.00 Å². The Balaban J connectivity index is 0.00000243. The lowest BCUT2D eigenvalue weighted by Gasteiger charge is -2.16. The van der Waals surface area contributed by atoms with E-state index in [2.05, 4.69) is 12.2 Å². The van der Waals surface area contributed by atoms with Crippen molar-refractivity contribution in [2.75, 3.05) is 25.0 Å². The first-order valence-corrected chi connectivity index (χ1v) is 9.47. The number of rotatable bonds is 5. The number of carbonyl (C=O) groups is 2. The summed E-state index contributed by atoms with van der Waals surface area (Å²) < 4.78 is 0. The van der Waals surface area contributed by atoms with E-state index in [1.807, 2.05) is 34.5 Å². The first-order valence-electron chi connectivity index (χ1n) is 8.59. The maximum absolute atomic E-state index is 12.7. The van der Waals surface area contributed by atoms with Gasteiger partial charge in [-0.05, 0) is 54.4 Å². The SMILES string of the molecule is CCc1ccc(C(=O)Nc2sccc2C(=O)N2CCC(CN)C2)cc1.Cl. The second-order valence-corrected chi connectivity index (χ2v) is 7.23. The standard InChI is InChI=1S/C19H23N3O2S.ClH/c1-2-13-3-5-15(6-4-13)17(23)21-18-16(8-10-25-18)19(24)22-9-7-14(11-20)12-22;/h3-6,8,10,14H,2,7,9,11-12,20H2,1H3,(H,21,23);1H. The Morgan fingerprint density at radius 2 is 2.00 bits per heavy atom. The molecule has 2 heterocycles. The van der Waals surface area contributed by atoms with E-state index in [0.29, 0.717) is 35.1 Å². The second-order valence-electron chi connectivity index (χ2n) is 6.31. The van der Waals surface area contributed by atoms with Crippen molar-refractivity contribution in [2.24, 2.45) is 11.7 Å². The van der Waals surface area contributed by atoms with Crippen LogP contribution in [0, 0.1) is 5.92 Å². The molecule has 1 aliphatic rings. The summed E-state index contributed by atoms with van der Waals surface area (Å²) in [6.07, 6.45) is 1.88. The lowest BCUT2D eigenvalue weighted by atomic mass is 10.1. The van der Waals surface area contributed by atoms with Crippen LogP contribution >= 0.6 is 23.7 Å². The zero-order valence-corrected chi connectivity index (χ0v) is 16.4. The van der Waals surface area contributed by atoms with Gasteiger partial charge in [0.2, 0.25) is 0 Å². The highest BCUT2D eigenvalue weighted by Gasteiger charge is 2.28. The molecule has 1 aromatic heterocycles. The third-order valence-corrected chi connectivity index (χ3v) is 5.48. The minimum Gasteiger partial charge on any atom is -0.338 e. The molecule has 1 aromatic carbocycles. The number of aryl methyl sites for hydroxylation is 1. The van der Waals surface area contributed by atoms with E-state index < -0.39 is 0 Å². The van der Waals surface area contributed by atoms with Crippen LogP contribution in [0.1, 0.15) is 39.6 Å². The number of benzene rings is 1. The highest BCUT2D eigenvalue weighted by molar-refractivity contribution is 7.14. The Morgan fingerprint density at radius 3 is 2.62 bits per heavy atom. The number of hydrogen-bond acceptors (Lipinski definition) is 4. The van der Waals surface area contributed by atoms with Gasteiger partial charge < -0.3 is 16.0 Å². The average molecular weight is 394 g/mol. The maximum Gasteiger partial charge on any atom is 0.256 e. The van der Waals surface area contributed by atoms with Crippen LogP contribution in [0.5, 0.6) is 0 Å². The van der Waals surface area contributed by atoms with Gasteiger partial charge >= 0.3 is 0 Å². The van der Waals surface area contributed by atoms with Gasteiger partial charge in [-0.3, -0.25) is 9.59 Å². The summed E-state index contributed by atoms with van der Waals surface area (Å²) >= 11 is 1.37. The van der Waals surface area contributed by atoms with Crippen LogP contribution in [0.4, 0.5) is 5.00 Å². The Hall–Kier alpha value is -1.89. The Morgan fingerprint density at radius 1 is 1.27 bits per heavy atom. The molecule has 0 aliphatic carbocycles. The summed E-state index contributed by atoms with van der Waals surface area (Å²) in [6, 6.07) is 9.31. The zero-order chi connectivity index (χ0) is 17.8. The summed E-state index contributed by atoms with van der Waals surface area (Å²) in [5, 5.41) is 5.32. The molecule has 2 amide bonds. The highest BCUT2D eigenvalue weighted by Crippen LogP contribution is 2.27. The molecule has 2 aromatic rings. The van der Waals surface area contributed by atoms with E-state index in [-0.39, 0.29) is 24.2 Å². The van der Waals surface area contributed by atoms with Gasteiger partial charge in [0.05, 0.1) is 5.56 Å². The molecule has 1 fully saturated rings. The molecule has 7 heteroatoms. The molecule has 3 N–H and O–H groups in total. The van der Waals surface area contributed by atoms with Crippen molar-refractivity contribution in [3.05, 3.63) is 52.4 Å². The number of amides is 2. The second kappa shape index (κ2) is 9.16. The molecule has 26 heavy (non-hydrogen) atoms. The number of nitrogens with one attached hydrogen (secondary N) is 1. The highest BCUT2D eigenvalue weighted by atomic mass is 35.5. The normalized spacial score (nSPS) is 16.2. The number of thiophene rings is 1. The predicted molar refractivity (Wildman–Crippen MR) is 108 cm³/mol. The number of nitrogens with zero attached hydrogens (tertiary/aromatic N) is 1. The van der Waals surface area contributed by atoms with Gasteiger partial charge in [0, 0.05) is 18.7 Å². The molecule has 5 nitrogen and oxygen atoms in total. The van der Waals surface area contributed by atoms with Crippen molar-refractivity contribution < 1.29 is 9.59 Å². The topological polar surface area (TPSA) is 75.4 Å². The van der Waals surface area contributed by atoms with Gasteiger partial charge in [-0.2, -0.15) is 0 Å². The van der Waals surface area contributed by atoms with Crippen molar-refractivity contribution in [1.29, 1.82) is 0 Å². The third kappa shape index (κ3) is 4.44. The molecule has 1 unspecified atom stereocenters. The minimum absolute atomic E-state index is 0. The lowest BCUT2D eigenvalue weighted by Crippen LogP contribution is -2.30. The molecule has 0 radical (unpaired) electrons. The molecule has 1 atom stereocenters. The van der Waals surface area contributed by atoms with E-state index >= 15 is 0 Å². The Kier molecular flexibility index (Phi) is 7.20. The number of carbonyl (C=O) groups excluding carboxylic acids is 2. The molecule has 1 aliphatic heterocycles. The summed E-state index contributed by atoms with van der Waals surface area (Å²) in [4.78, 5) is 27.0. The predicted octanol–water partition coefficient (Wildman–Crippen LogP) is 3.41. The fourth-order valence-corrected chi connectivity index (χ4v) is 3.80. The summed E-state index contributed by atoms with van der Waals surface area (Å²) in [5.41, 5.74) is 8.04. The molecule has 0 spiro atoms. The van der Waals surface area contributed by atoms with Crippen molar-refractivity contribution in [2.45, 2.75) is 19.8 Å². The van der Waals surface area contributed by atoms with Crippen molar-refractivity contribution >= 4 is 40.6 Å². The molecule has 0 bridgehead atoms. The minimum atomic E-state index is -0.194. The summed E-state index contributed by atoms with van der Waals surface area (Å²) in [5.74, 6) is 0.145. The number of hydrogen-bond donors (Lipinski definition) is 2. The van der Waals surface area contributed by atoms with Crippen LogP contribution in [-0.2, 0) is 6.42 Å². The van der Waals surface area contributed by atoms with Gasteiger partial charge in [-0.25, -0.2) is 0 Å². The number of nitrogens with two attached hydrogens (primary N) is 1. The van der Waals surface area contributed by atoms with Gasteiger partial charge in [-0.1, -0.05) is 19.1 Å². The fraction of sp³-hybridized carbons (Fsp3) is 0.368. The van der Waals surface area contributed by atoms with Crippen LogP contribution in [0.25, 0.3) is 0 Å². The molecule has 1 saturated heterocycles. The fourth-order valence-electron chi connectivity index (χ4n) is 3.02. The zero-order valence-electron chi connectivity index (χ0n) is 14.7. The first-order chi connectivity index (χ1) is 12.1. The van der Waals surface area contributed by atoms with Crippen LogP contribution in [0.3, 0.4) is 0 Å². The lowest BCUT2D eigenvalue weighted by molar-refractivity contribution is 0.0789. The van der Waals surface area contributed by atoms with E-state index in [0.717, 1.165) is 19.4 Å². The average Bonchev–Trinajstić information content (AvgIpc) is 3.30. The van der Waals surface area contributed by atoms with E-state index in [1.54, 1.807) is 6.07 Å². The summed E-state index contributed by atoms with van der Waals surface area (Å²) in [7, 11) is 0. The molecular formula is C19H24ClN3O2S. The van der Waals surface area contributed by atoms with Gasteiger partial charge in [0.25, 0.3) is 11.8 Å². The number of likely N-dealkylation sites (tertiary alicyclic amines) is 1. The van der Waals surface area contributed by atoms with Crippen molar-refractivity contribution in [3.63, 3.8) is 0 Å². The third-order valence-electron chi connectivity index (χ3n) is 4.65. The van der Waals surface area contributed by atoms with E-state index in [1.165, 1.54) is 16.9 Å². The van der Waals surface area contributed by atoms with Crippen LogP contribution in [0.15, 0.2) is 35.7 Å². The number of halogens is 1. The van der Waals surface area contributed by atoms with Gasteiger partial charge in [-0.15, -0.1) is 23.7 Å². The summed E-state index contributed by atoms with van der Waals surface area (Å²) in [6.45, 7) is 4.09. The largest absolute Gasteiger partial charge is 0.338 e. The molecular weight excluding hydrogens is 370 g/mol. The maximum atomic E-state index is 12.7. The van der Waals surface area contributed by atoms with Crippen molar-refractivity contribution in [1.82, 2.24) is 4.90 Å². The molecule has 0 saturated carbocycles. The van der Waals surface area contributed by atoms with Crippen LogP contribution in [-0.4, -0.2) is 36.3 Å². The first kappa shape index (κ1) is 20.4. The van der Waals surface area contributed by atoms with Crippen molar-refractivity contribution in [3.8, 4) is 0 Å².